The van der Waals surface area contributed by atoms with Gasteiger partial charge in [0.2, 0.25) is 0 Å². The van der Waals surface area contributed by atoms with Crippen LogP contribution in [0.1, 0.15) is 36.0 Å². The first kappa shape index (κ1) is 12.3. The average molecular weight is 255 g/mol. The van der Waals surface area contributed by atoms with Crippen molar-refractivity contribution in [2.75, 3.05) is 6.61 Å². The van der Waals surface area contributed by atoms with E-state index < -0.39 is 0 Å². The zero-order valence-corrected chi connectivity index (χ0v) is 10.8. The second-order valence-corrected chi connectivity index (χ2v) is 4.98. The third-order valence-electron chi connectivity index (χ3n) is 3.65. The predicted molar refractivity (Wildman–Crippen MR) is 74.3 cm³/mol. The van der Waals surface area contributed by atoms with E-state index in [0.717, 1.165) is 42.3 Å². The molecule has 2 aromatic rings. The van der Waals surface area contributed by atoms with E-state index in [-0.39, 0.29) is 11.9 Å². The fraction of sp³-hybridized carbons (Fsp3) is 0.375. The van der Waals surface area contributed by atoms with Gasteiger partial charge in [0.1, 0.15) is 0 Å². The van der Waals surface area contributed by atoms with Crippen molar-refractivity contribution in [1.29, 1.82) is 0 Å². The number of carbonyl (C=O) groups excluding carboxylic acids is 1. The van der Waals surface area contributed by atoms with Crippen molar-refractivity contribution in [1.82, 2.24) is 4.98 Å². The minimum Gasteiger partial charge on any atom is -0.378 e. The summed E-state index contributed by atoms with van der Waals surface area (Å²) in [5.41, 5.74) is 1.54. The number of hydrogen-bond acceptors (Lipinski definition) is 3. The summed E-state index contributed by atoms with van der Waals surface area (Å²) < 4.78 is 5.56. The number of Topliss-reactive ketones (excluding diaryl/α,β-unsaturated/α-hetero) is 1. The van der Waals surface area contributed by atoms with Crippen LogP contribution in [0.25, 0.3) is 10.9 Å². The second kappa shape index (κ2) is 5.49. The van der Waals surface area contributed by atoms with Gasteiger partial charge in [0, 0.05) is 30.2 Å². The third kappa shape index (κ3) is 2.66. The maximum atomic E-state index is 12.3. The molecule has 0 aliphatic carbocycles. The summed E-state index contributed by atoms with van der Waals surface area (Å²) in [7, 11) is 0. The largest absolute Gasteiger partial charge is 0.378 e. The summed E-state index contributed by atoms with van der Waals surface area (Å²) in [5.74, 6) is 0.166. The summed E-state index contributed by atoms with van der Waals surface area (Å²) in [6.07, 6.45) is 5.57. The van der Waals surface area contributed by atoms with E-state index in [0.29, 0.717) is 6.42 Å². The minimum absolute atomic E-state index is 0.166. The molecule has 1 fully saturated rings. The van der Waals surface area contributed by atoms with E-state index in [1.54, 1.807) is 6.20 Å². The maximum Gasteiger partial charge on any atom is 0.165 e. The number of aromatic nitrogens is 1. The van der Waals surface area contributed by atoms with Crippen molar-refractivity contribution in [2.24, 2.45) is 0 Å². The highest BCUT2D eigenvalue weighted by Crippen LogP contribution is 2.21. The monoisotopic (exact) mass is 255 g/mol. The molecule has 98 valence electrons. The first-order chi connectivity index (χ1) is 9.34. The van der Waals surface area contributed by atoms with E-state index in [2.05, 4.69) is 4.98 Å². The molecule has 3 nitrogen and oxygen atoms in total. The summed E-state index contributed by atoms with van der Waals surface area (Å²) >= 11 is 0. The highest BCUT2D eigenvalue weighted by atomic mass is 16.5. The van der Waals surface area contributed by atoms with Crippen LogP contribution in [0, 0.1) is 0 Å². The number of hydrogen-bond donors (Lipinski definition) is 0. The quantitative estimate of drug-likeness (QED) is 0.786. The Labute approximate surface area is 112 Å². The molecule has 19 heavy (non-hydrogen) atoms. The Morgan fingerprint density at radius 3 is 3.05 bits per heavy atom. The molecule has 1 unspecified atom stereocenters. The molecule has 0 amide bonds. The van der Waals surface area contributed by atoms with Gasteiger partial charge < -0.3 is 4.74 Å². The van der Waals surface area contributed by atoms with E-state index >= 15 is 0 Å². The SMILES string of the molecule is O=C(CCC1CCCO1)c1cccc2cccnc12. The fourth-order valence-corrected chi connectivity index (χ4v) is 2.63. The van der Waals surface area contributed by atoms with Crippen molar-refractivity contribution in [3.8, 4) is 0 Å². The molecule has 1 aliphatic rings. The highest BCUT2D eigenvalue weighted by molar-refractivity contribution is 6.06. The number of rotatable bonds is 4. The van der Waals surface area contributed by atoms with Crippen LogP contribution in [0.3, 0.4) is 0 Å². The number of ketones is 1. The standard InChI is InChI=1S/C16H17NO2/c18-15(9-8-13-6-3-11-19-13)14-7-1-4-12-5-2-10-17-16(12)14/h1-2,4-5,7,10,13H,3,6,8-9,11H2. The summed E-state index contributed by atoms with van der Waals surface area (Å²) in [6, 6.07) is 9.65. The van der Waals surface area contributed by atoms with E-state index in [4.69, 9.17) is 4.74 Å². The molecule has 0 saturated carbocycles. The number of fused-ring (bicyclic) bond motifs is 1. The van der Waals surface area contributed by atoms with Crippen LogP contribution < -0.4 is 0 Å². The van der Waals surface area contributed by atoms with Gasteiger partial charge in [0.05, 0.1) is 11.6 Å². The Kier molecular flexibility index (Phi) is 3.56. The summed E-state index contributed by atoms with van der Waals surface area (Å²) in [4.78, 5) is 16.6. The molecule has 0 bridgehead atoms. The lowest BCUT2D eigenvalue weighted by Crippen LogP contribution is -2.09. The van der Waals surface area contributed by atoms with Crippen LogP contribution >= 0.6 is 0 Å². The zero-order valence-electron chi connectivity index (χ0n) is 10.8. The topological polar surface area (TPSA) is 39.2 Å². The number of benzene rings is 1. The van der Waals surface area contributed by atoms with Crippen LogP contribution in [0.5, 0.6) is 0 Å². The van der Waals surface area contributed by atoms with Crippen LogP contribution in [-0.4, -0.2) is 23.5 Å². The molecule has 1 atom stereocenters. The Morgan fingerprint density at radius 1 is 1.32 bits per heavy atom. The average Bonchev–Trinajstić information content (AvgIpc) is 2.97. The smallest absolute Gasteiger partial charge is 0.165 e. The first-order valence-electron chi connectivity index (χ1n) is 6.83. The Bertz CT molecular complexity index is 583. The molecule has 1 aliphatic heterocycles. The van der Waals surface area contributed by atoms with Gasteiger partial charge in [-0.05, 0) is 31.4 Å². The summed E-state index contributed by atoms with van der Waals surface area (Å²) in [5, 5.41) is 1.02. The zero-order chi connectivity index (χ0) is 13.1. The van der Waals surface area contributed by atoms with Gasteiger partial charge in [-0.3, -0.25) is 9.78 Å². The van der Waals surface area contributed by atoms with Crippen LogP contribution in [-0.2, 0) is 4.74 Å². The number of para-hydroxylation sites is 1. The van der Waals surface area contributed by atoms with E-state index in [9.17, 15) is 4.79 Å². The lowest BCUT2D eigenvalue weighted by Gasteiger charge is -2.09. The van der Waals surface area contributed by atoms with Gasteiger partial charge in [-0.1, -0.05) is 18.2 Å². The van der Waals surface area contributed by atoms with E-state index in [1.165, 1.54) is 0 Å². The molecule has 1 aromatic carbocycles. The molecule has 3 rings (SSSR count). The molecule has 0 N–H and O–H groups in total. The maximum absolute atomic E-state index is 12.3. The molecule has 1 aromatic heterocycles. The van der Waals surface area contributed by atoms with Crippen molar-refractivity contribution >= 4 is 16.7 Å². The highest BCUT2D eigenvalue weighted by Gasteiger charge is 2.18. The molecule has 0 spiro atoms. The van der Waals surface area contributed by atoms with Crippen LogP contribution in [0.2, 0.25) is 0 Å². The molecule has 1 saturated heterocycles. The van der Waals surface area contributed by atoms with Crippen molar-refractivity contribution in [2.45, 2.75) is 31.8 Å². The van der Waals surface area contributed by atoms with Crippen LogP contribution in [0.4, 0.5) is 0 Å². The van der Waals surface area contributed by atoms with Crippen molar-refractivity contribution < 1.29 is 9.53 Å². The molecular weight excluding hydrogens is 238 g/mol. The summed E-state index contributed by atoms with van der Waals surface area (Å²) in [6.45, 7) is 0.842. The van der Waals surface area contributed by atoms with Gasteiger partial charge in [-0.25, -0.2) is 0 Å². The lowest BCUT2D eigenvalue weighted by atomic mass is 10.0. The van der Waals surface area contributed by atoms with Crippen LogP contribution in [0.15, 0.2) is 36.5 Å². The first-order valence-corrected chi connectivity index (χ1v) is 6.83. The number of carbonyl (C=O) groups is 1. The lowest BCUT2D eigenvalue weighted by molar-refractivity contribution is 0.0860. The van der Waals surface area contributed by atoms with Gasteiger partial charge in [-0.2, -0.15) is 0 Å². The molecule has 3 heteroatoms. The van der Waals surface area contributed by atoms with Gasteiger partial charge in [0.25, 0.3) is 0 Å². The predicted octanol–water partition coefficient (Wildman–Crippen LogP) is 3.38. The second-order valence-electron chi connectivity index (χ2n) is 4.98. The molecular formula is C16H17NO2. The number of nitrogens with zero attached hydrogens (tertiary/aromatic N) is 1. The van der Waals surface area contributed by atoms with E-state index in [1.807, 2.05) is 30.3 Å². The van der Waals surface area contributed by atoms with Gasteiger partial charge in [-0.15, -0.1) is 0 Å². The van der Waals surface area contributed by atoms with Gasteiger partial charge >= 0.3 is 0 Å². The van der Waals surface area contributed by atoms with Gasteiger partial charge in [0.15, 0.2) is 5.78 Å². The Hall–Kier alpha value is -1.74. The third-order valence-corrected chi connectivity index (χ3v) is 3.65. The number of pyridine rings is 1. The molecule has 2 heterocycles. The van der Waals surface area contributed by atoms with Crippen molar-refractivity contribution in [3.63, 3.8) is 0 Å². The minimum atomic E-state index is 0.166. The Balaban J connectivity index is 1.77. The molecule has 0 radical (unpaired) electrons. The number of ether oxygens (including phenoxy) is 1. The fourth-order valence-electron chi connectivity index (χ4n) is 2.63. The Morgan fingerprint density at radius 2 is 2.21 bits per heavy atom. The van der Waals surface area contributed by atoms with Crippen molar-refractivity contribution in [3.05, 3.63) is 42.1 Å². The normalized spacial score (nSPS) is 18.8.